The summed E-state index contributed by atoms with van der Waals surface area (Å²) in [5.41, 5.74) is 0.0178. The molecule has 0 N–H and O–H groups in total. The Balaban J connectivity index is 3.10. The van der Waals surface area contributed by atoms with E-state index >= 15 is 0 Å². The van der Waals surface area contributed by atoms with E-state index in [4.69, 9.17) is 4.43 Å². The summed E-state index contributed by atoms with van der Waals surface area (Å²) in [6.07, 6.45) is -0.595. The van der Waals surface area contributed by atoms with Crippen molar-refractivity contribution < 1.29 is 13.2 Å². The Morgan fingerprint density at radius 2 is 1.68 bits per heavy atom. The van der Waals surface area contributed by atoms with Gasteiger partial charge in [-0.1, -0.05) is 42.8 Å². The van der Waals surface area contributed by atoms with Crippen molar-refractivity contribution in [1.82, 2.24) is 0 Å². The maximum absolute atomic E-state index is 13.8. The molecule has 0 aliphatic rings. The molecule has 0 aromatic heterocycles. The third-order valence-electron chi connectivity index (χ3n) is 3.70. The lowest BCUT2D eigenvalue weighted by molar-refractivity contribution is 0.198. The van der Waals surface area contributed by atoms with Crippen LogP contribution >= 0.6 is 15.9 Å². The zero-order valence-corrected chi connectivity index (χ0v) is 14.6. The van der Waals surface area contributed by atoms with Gasteiger partial charge in [0.1, 0.15) is 11.6 Å². The molecule has 0 heterocycles. The van der Waals surface area contributed by atoms with Gasteiger partial charge in [-0.2, -0.15) is 0 Å². The molecular formula is C14H21BrF2OSi. The highest BCUT2D eigenvalue weighted by molar-refractivity contribution is 9.09. The lowest BCUT2D eigenvalue weighted by atomic mass is 10.1. The Bertz CT molecular complexity index is 423. The summed E-state index contributed by atoms with van der Waals surface area (Å²) in [5.74, 6) is -1.11. The van der Waals surface area contributed by atoms with E-state index in [1.807, 2.05) is 0 Å². The van der Waals surface area contributed by atoms with E-state index in [2.05, 4.69) is 49.8 Å². The minimum Gasteiger partial charge on any atom is -0.409 e. The van der Waals surface area contributed by atoms with Gasteiger partial charge in [0, 0.05) is 5.33 Å². The van der Waals surface area contributed by atoms with Crippen molar-refractivity contribution in [2.45, 2.75) is 45.0 Å². The van der Waals surface area contributed by atoms with Gasteiger partial charge in [-0.3, -0.25) is 0 Å². The van der Waals surface area contributed by atoms with Crippen molar-refractivity contribution in [2.24, 2.45) is 0 Å². The van der Waals surface area contributed by atoms with Crippen LogP contribution in [0.2, 0.25) is 18.1 Å². The highest BCUT2D eigenvalue weighted by atomic mass is 79.9. The van der Waals surface area contributed by atoms with Crippen LogP contribution in [-0.4, -0.2) is 13.6 Å². The Morgan fingerprint density at radius 3 is 2.05 bits per heavy atom. The van der Waals surface area contributed by atoms with Crippen LogP contribution < -0.4 is 0 Å². The number of benzene rings is 1. The second kappa shape index (κ2) is 6.02. The van der Waals surface area contributed by atoms with E-state index < -0.39 is 26.1 Å². The average Bonchev–Trinajstić information content (AvgIpc) is 2.25. The number of alkyl halides is 1. The maximum Gasteiger partial charge on any atom is 0.192 e. The van der Waals surface area contributed by atoms with Gasteiger partial charge in [-0.15, -0.1) is 0 Å². The second-order valence-corrected chi connectivity index (χ2v) is 11.6. The molecule has 108 valence electrons. The third kappa shape index (κ3) is 3.86. The Morgan fingerprint density at radius 1 is 1.21 bits per heavy atom. The fraction of sp³-hybridized carbons (Fsp3) is 0.571. The molecule has 0 fully saturated rings. The molecule has 5 heteroatoms. The number of rotatable bonds is 4. The molecule has 0 saturated carbocycles. The quantitative estimate of drug-likeness (QED) is 0.520. The average molecular weight is 351 g/mol. The van der Waals surface area contributed by atoms with Gasteiger partial charge in [0.2, 0.25) is 0 Å². The Hall–Kier alpha value is -0.263. The van der Waals surface area contributed by atoms with E-state index in [9.17, 15) is 8.78 Å². The van der Waals surface area contributed by atoms with Gasteiger partial charge in [0.15, 0.2) is 8.32 Å². The van der Waals surface area contributed by atoms with Gasteiger partial charge in [-0.25, -0.2) is 8.78 Å². The molecule has 0 radical (unpaired) electrons. The SMILES string of the molecule is CC(C)(C)[Si](C)(C)OC(CBr)c1c(F)cccc1F. The molecule has 0 spiro atoms. The lowest BCUT2D eigenvalue weighted by Crippen LogP contribution is -2.42. The summed E-state index contributed by atoms with van der Waals surface area (Å²) < 4.78 is 33.8. The van der Waals surface area contributed by atoms with Crippen molar-refractivity contribution in [1.29, 1.82) is 0 Å². The molecule has 1 nitrogen and oxygen atoms in total. The van der Waals surface area contributed by atoms with Crippen LogP contribution in [0.15, 0.2) is 18.2 Å². The van der Waals surface area contributed by atoms with Crippen LogP contribution in [0.1, 0.15) is 32.4 Å². The molecule has 19 heavy (non-hydrogen) atoms. The zero-order chi connectivity index (χ0) is 14.8. The topological polar surface area (TPSA) is 9.23 Å². The molecule has 1 aromatic rings. The first-order valence-corrected chi connectivity index (χ1v) is 10.3. The molecule has 1 atom stereocenters. The van der Waals surface area contributed by atoms with Gasteiger partial charge in [0.05, 0.1) is 11.7 Å². The first kappa shape index (κ1) is 16.8. The van der Waals surface area contributed by atoms with E-state index in [-0.39, 0.29) is 10.6 Å². The van der Waals surface area contributed by atoms with Crippen molar-refractivity contribution in [3.8, 4) is 0 Å². The van der Waals surface area contributed by atoms with Gasteiger partial charge in [0.25, 0.3) is 0 Å². The standard InChI is InChI=1S/C14H21BrF2OSi/c1-14(2,3)19(4,5)18-12(9-15)13-10(16)7-6-8-11(13)17/h6-8,12H,9H2,1-5H3. The molecule has 0 aliphatic heterocycles. The van der Waals surface area contributed by atoms with Crippen molar-refractivity contribution in [3.05, 3.63) is 35.4 Å². The second-order valence-electron chi connectivity index (χ2n) is 6.16. The lowest BCUT2D eigenvalue weighted by Gasteiger charge is -2.39. The zero-order valence-electron chi connectivity index (χ0n) is 12.1. The summed E-state index contributed by atoms with van der Waals surface area (Å²) in [7, 11) is -2.08. The maximum atomic E-state index is 13.8. The number of halogens is 3. The first-order chi connectivity index (χ1) is 8.60. The fourth-order valence-electron chi connectivity index (χ4n) is 1.52. The third-order valence-corrected chi connectivity index (χ3v) is 8.78. The Kier molecular flexibility index (Phi) is 5.32. The molecule has 0 aliphatic carbocycles. The van der Waals surface area contributed by atoms with E-state index in [1.54, 1.807) is 0 Å². The number of hydrogen-bond acceptors (Lipinski definition) is 1. The van der Waals surface area contributed by atoms with Crippen molar-refractivity contribution in [3.63, 3.8) is 0 Å². The highest BCUT2D eigenvalue weighted by Gasteiger charge is 2.40. The van der Waals surface area contributed by atoms with Crippen LogP contribution in [0.3, 0.4) is 0 Å². The Labute approximate surface area is 123 Å². The van der Waals surface area contributed by atoms with Gasteiger partial charge < -0.3 is 4.43 Å². The van der Waals surface area contributed by atoms with Crippen LogP contribution in [0.5, 0.6) is 0 Å². The van der Waals surface area contributed by atoms with E-state index in [0.29, 0.717) is 5.33 Å². The van der Waals surface area contributed by atoms with Gasteiger partial charge in [-0.05, 0) is 30.3 Å². The monoisotopic (exact) mass is 350 g/mol. The van der Waals surface area contributed by atoms with Crippen LogP contribution in [0.4, 0.5) is 8.78 Å². The minimum absolute atomic E-state index is 0.00481. The normalized spacial score (nSPS) is 14.5. The molecule has 1 aromatic carbocycles. The molecule has 1 unspecified atom stereocenters. The van der Waals surface area contributed by atoms with Crippen LogP contribution in [0, 0.1) is 11.6 Å². The summed E-state index contributed by atoms with van der Waals surface area (Å²) >= 11 is 3.30. The minimum atomic E-state index is -2.08. The smallest absolute Gasteiger partial charge is 0.192 e. The summed E-state index contributed by atoms with van der Waals surface area (Å²) in [6.45, 7) is 10.4. The fourth-order valence-corrected chi connectivity index (χ4v) is 3.48. The molecular weight excluding hydrogens is 330 g/mol. The molecule has 0 amide bonds. The predicted octanol–water partition coefficient (Wildman–Crippen LogP) is 5.42. The summed E-state index contributed by atoms with van der Waals surface area (Å²) in [4.78, 5) is 0. The molecule has 0 saturated heterocycles. The number of hydrogen-bond donors (Lipinski definition) is 0. The van der Waals surface area contributed by atoms with Crippen molar-refractivity contribution >= 4 is 24.2 Å². The predicted molar refractivity (Wildman–Crippen MR) is 81.2 cm³/mol. The first-order valence-electron chi connectivity index (χ1n) is 6.28. The largest absolute Gasteiger partial charge is 0.409 e. The molecule has 1 rings (SSSR count). The summed E-state index contributed by atoms with van der Waals surface area (Å²) in [6, 6.07) is 3.90. The van der Waals surface area contributed by atoms with Crippen molar-refractivity contribution in [2.75, 3.05) is 5.33 Å². The molecule has 0 bridgehead atoms. The van der Waals surface area contributed by atoms with E-state index in [1.165, 1.54) is 18.2 Å². The summed E-state index contributed by atoms with van der Waals surface area (Å²) in [5, 5.41) is 0.368. The van der Waals surface area contributed by atoms with E-state index in [0.717, 1.165) is 0 Å². The van der Waals surface area contributed by atoms with Crippen LogP contribution in [-0.2, 0) is 4.43 Å². The highest BCUT2D eigenvalue weighted by Crippen LogP contribution is 2.40. The van der Waals surface area contributed by atoms with Crippen LogP contribution in [0.25, 0.3) is 0 Å². The van der Waals surface area contributed by atoms with Gasteiger partial charge >= 0.3 is 0 Å².